The Morgan fingerprint density at radius 1 is 1.88 bits per heavy atom. The second-order valence-corrected chi connectivity index (χ2v) is 3.40. The van der Waals surface area contributed by atoms with Crippen LogP contribution in [-0.4, -0.2) is 19.2 Å². The van der Waals surface area contributed by atoms with E-state index in [1.54, 1.807) is 0 Å². The predicted octanol–water partition coefficient (Wildman–Crippen LogP) is 0.218. The third kappa shape index (κ3) is 1.55. The van der Waals surface area contributed by atoms with Gasteiger partial charge in [-0.15, -0.1) is 0 Å². The van der Waals surface area contributed by atoms with Gasteiger partial charge in [-0.25, -0.2) is 0 Å². The lowest BCUT2D eigenvalue weighted by molar-refractivity contribution is 0.741. The van der Waals surface area contributed by atoms with Gasteiger partial charge in [0.2, 0.25) is 0 Å². The molecule has 1 aliphatic rings. The Morgan fingerprint density at radius 3 is 3.00 bits per heavy atom. The van der Waals surface area contributed by atoms with Crippen molar-refractivity contribution in [1.29, 1.82) is 0 Å². The van der Waals surface area contributed by atoms with Gasteiger partial charge in [0, 0.05) is 11.4 Å². The highest BCUT2D eigenvalue weighted by molar-refractivity contribution is 9.09. The second kappa shape index (κ2) is 2.58. The molecule has 1 rings (SSSR count). The van der Waals surface area contributed by atoms with E-state index in [0.29, 0.717) is 4.83 Å². The molecule has 3 heteroatoms. The van der Waals surface area contributed by atoms with Crippen LogP contribution in [0, 0.1) is 0 Å². The summed E-state index contributed by atoms with van der Waals surface area (Å²) >= 11 is 3.51. The Kier molecular flexibility index (Phi) is 2.00. The second-order valence-electron chi connectivity index (χ2n) is 2.10. The van der Waals surface area contributed by atoms with Crippen molar-refractivity contribution in [2.75, 3.05) is 6.54 Å². The molecule has 1 atom stereocenters. The molecule has 0 fully saturated rings. The first-order chi connectivity index (χ1) is 3.79. The van der Waals surface area contributed by atoms with E-state index in [1.807, 2.05) is 0 Å². The summed E-state index contributed by atoms with van der Waals surface area (Å²) in [4.78, 5) is 0.645. The number of hydrogen-bond donors (Lipinski definition) is 1. The van der Waals surface area contributed by atoms with Gasteiger partial charge < -0.3 is 5.32 Å². The summed E-state index contributed by atoms with van der Waals surface area (Å²) in [5.41, 5.74) is 1.31. The maximum atomic E-state index is 3.51. The summed E-state index contributed by atoms with van der Waals surface area (Å²) in [5.74, 6) is 0. The lowest BCUT2D eigenvalue weighted by atomic mass is 10.00. The Labute approximate surface area is 59.1 Å². The van der Waals surface area contributed by atoms with Crippen molar-refractivity contribution in [2.45, 2.75) is 11.2 Å². The SMILES string of the molecule is BC1=CCC(Br)CN1. The van der Waals surface area contributed by atoms with Crippen LogP contribution in [0.15, 0.2) is 11.7 Å². The van der Waals surface area contributed by atoms with Gasteiger partial charge in [0.05, 0.1) is 0 Å². The zero-order chi connectivity index (χ0) is 5.98. The first-order valence-electron chi connectivity index (χ1n) is 2.84. The number of alkyl halides is 1. The molecule has 1 N–H and O–H groups in total. The number of hydrogen-bond acceptors (Lipinski definition) is 1. The van der Waals surface area contributed by atoms with Crippen LogP contribution >= 0.6 is 15.9 Å². The molecule has 1 nitrogen and oxygen atoms in total. The number of allylic oxidation sites excluding steroid dienone is 1. The normalized spacial score (nSPS) is 28.6. The molecule has 1 aliphatic heterocycles. The Morgan fingerprint density at radius 2 is 2.62 bits per heavy atom. The van der Waals surface area contributed by atoms with Crippen LogP contribution in [0.25, 0.3) is 0 Å². The molecule has 0 aromatic heterocycles. The Balaban J connectivity index is 2.42. The molecule has 0 saturated carbocycles. The van der Waals surface area contributed by atoms with Gasteiger partial charge in [-0.05, 0) is 12.0 Å². The van der Waals surface area contributed by atoms with Crippen molar-refractivity contribution < 1.29 is 0 Å². The minimum Gasteiger partial charge on any atom is -0.396 e. The zero-order valence-electron chi connectivity index (χ0n) is 4.95. The van der Waals surface area contributed by atoms with Crippen molar-refractivity contribution >= 4 is 23.8 Å². The van der Waals surface area contributed by atoms with Crippen LogP contribution in [0.4, 0.5) is 0 Å². The third-order valence-electron chi connectivity index (χ3n) is 1.28. The number of rotatable bonds is 0. The van der Waals surface area contributed by atoms with E-state index in [0.717, 1.165) is 6.54 Å². The first-order valence-corrected chi connectivity index (χ1v) is 3.75. The average molecular weight is 174 g/mol. The Hall–Kier alpha value is 0.0849. The maximum Gasteiger partial charge on any atom is 0.159 e. The summed E-state index contributed by atoms with van der Waals surface area (Å²) in [6.07, 6.45) is 3.38. The Bertz CT molecular complexity index is 113. The molecular formula is C5H9BBrN. The summed E-state index contributed by atoms with van der Waals surface area (Å²) < 4.78 is 0. The fraction of sp³-hybridized carbons (Fsp3) is 0.600. The monoisotopic (exact) mass is 173 g/mol. The molecule has 0 spiro atoms. The molecule has 0 aromatic carbocycles. The average Bonchev–Trinajstić information content (AvgIpc) is 1.77. The molecule has 0 aromatic rings. The molecule has 0 saturated heterocycles. The number of nitrogens with one attached hydrogen (secondary N) is 1. The van der Waals surface area contributed by atoms with Crippen LogP contribution in [0.5, 0.6) is 0 Å². The highest BCUT2D eigenvalue weighted by Gasteiger charge is 2.05. The van der Waals surface area contributed by atoms with E-state index in [9.17, 15) is 0 Å². The van der Waals surface area contributed by atoms with Crippen LogP contribution in [0.2, 0.25) is 0 Å². The molecule has 0 bridgehead atoms. The van der Waals surface area contributed by atoms with Gasteiger partial charge in [-0.1, -0.05) is 22.0 Å². The molecule has 0 amide bonds. The molecule has 1 heterocycles. The predicted molar refractivity (Wildman–Crippen MR) is 42.0 cm³/mol. The quantitative estimate of drug-likeness (QED) is 0.409. The van der Waals surface area contributed by atoms with Crippen molar-refractivity contribution in [1.82, 2.24) is 5.32 Å². The van der Waals surface area contributed by atoms with Gasteiger partial charge in [0.1, 0.15) is 0 Å². The summed E-state index contributed by atoms with van der Waals surface area (Å²) in [6, 6.07) is 0. The lowest BCUT2D eigenvalue weighted by Gasteiger charge is -2.16. The van der Waals surface area contributed by atoms with Gasteiger partial charge in [0.25, 0.3) is 0 Å². The highest BCUT2D eigenvalue weighted by atomic mass is 79.9. The van der Waals surface area contributed by atoms with Crippen molar-refractivity contribution in [3.63, 3.8) is 0 Å². The minimum absolute atomic E-state index is 0.645. The first kappa shape index (κ1) is 6.21. The van der Waals surface area contributed by atoms with Crippen molar-refractivity contribution in [2.24, 2.45) is 0 Å². The minimum atomic E-state index is 0.645. The van der Waals surface area contributed by atoms with Crippen LogP contribution < -0.4 is 5.32 Å². The van der Waals surface area contributed by atoms with Crippen LogP contribution in [0.1, 0.15) is 6.42 Å². The van der Waals surface area contributed by atoms with E-state index in [-0.39, 0.29) is 0 Å². The van der Waals surface area contributed by atoms with E-state index in [1.165, 1.54) is 12.0 Å². The van der Waals surface area contributed by atoms with Gasteiger partial charge >= 0.3 is 0 Å². The van der Waals surface area contributed by atoms with Gasteiger partial charge in [-0.2, -0.15) is 0 Å². The van der Waals surface area contributed by atoms with E-state index >= 15 is 0 Å². The molecule has 44 valence electrons. The topological polar surface area (TPSA) is 12.0 Å². The molecule has 0 aliphatic carbocycles. The van der Waals surface area contributed by atoms with E-state index in [2.05, 4.69) is 35.2 Å². The smallest absolute Gasteiger partial charge is 0.159 e. The fourth-order valence-corrected chi connectivity index (χ4v) is 1.08. The number of halogens is 1. The summed E-state index contributed by atoms with van der Waals surface area (Å²) in [7, 11) is 2.10. The van der Waals surface area contributed by atoms with Crippen molar-refractivity contribution in [3.8, 4) is 0 Å². The van der Waals surface area contributed by atoms with E-state index < -0.39 is 0 Å². The molecule has 8 heavy (non-hydrogen) atoms. The molecular weight excluding hydrogens is 165 g/mol. The van der Waals surface area contributed by atoms with Crippen LogP contribution in [0.3, 0.4) is 0 Å². The third-order valence-corrected chi connectivity index (χ3v) is 1.98. The zero-order valence-corrected chi connectivity index (χ0v) is 6.53. The lowest BCUT2D eigenvalue weighted by Crippen LogP contribution is -2.26. The standard InChI is InChI=1S/C5H9BBrN/c6-5-2-1-4(7)3-8-5/h2,4,8H,1,3,6H2. The summed E-state index contributed by atoms with van der Waals surface area (Å²) in [5, 5.41) is 3.25. The highest BCUT2D eigenvalue weighted by Crippen LogP contribution is 2.09. The summed E-state index contributed by atoms with van der Waals surface area (Å²) in [6.45, 7) is 1.07. The molecule has 1 unspecified atom stereocenters. The van der Waals surface area contributed by atoms with Gasteiger partial charge in [0.15, 0.2) is 7.85 Å². The largest absolute Gasteiger partial charge is 0.396 e. The van der Waals surface area contributed by atoms with Crippen LogP contribution in [-0.2, 0) is 0 Å². The van der Waals surface area contributed by atoms with Gasteiger partial charge in [-0.3, -0.25) is 0 Å². The van der Waals surface area contributed by atoms with Crippen molar-refractivity contribution in [3.05, 3.63) is 11.7 Å². The van der Waals surface area contributed by atoms with E-state index in [4.69, 9.17) is 0 Å². The maximum absolute atomic E-state index is 3.51. The molecule has 0 radical (unpaired) electrons. The fourth-order valence-electron chi connectivity index (χ4n) is 0.732.